The predicted molar refractivity (Wildman–Crippen MR) is 130 cm³/mol. The van der Waals surface area contributed by atoms with Gasteiger partial charge in [0.1, 0.15) is 5.75 Å². The van der Waals surface area contributed by atoms with E-state index < -0.39 is 5.91 Å². The molecule has 3 N–H and O–H groups in total. The molecular formula is C22H18Cl2N2O2S2. The van der Waals surface area contributed by atoms with E-state index in [2.05, 4.69) is 4.99 Å². The second-order valence-electron chi connectivity index (χ2n) is 6.64. The van der Waals surface area contributed by atoms with E-state index in [0.717, 1.165) is 16.0 Å². The molecule has 0 fully saturated rings. The first-order chi connectivity index (χ1) is 14.3. The molecule has 4 nitrogen and oxygen atoms in total. The summed E-state index contributed by atoms with van der Waals surface area (Å²) in [6.07, 6.45) is 0.511. The molecule has 1 aromatic heterocycles. The molecule has 0 saturated heterocycles. The molecule has 0 aliphatic rings. The number of aliphatic imine (C=N–C) groups is 1. The second-order valence-corrected chi connectivity index (χ2v) is 8.91. The van der Waals surface area contributed by atoms with E-state index in [0.29, 0.717) is 44.7 Å². The Labute approximate surface area is 194 Å². The van der Waals surface area contributed by atoms with Gasteiger partial charge in [-0.3, -0.25) is 9.79 Å². The number of primary amides is 1. The minimum absolute atomic E-state index is 0.153. The predicted octanol–water partition coefficient (Wildman–Crippen LogP) is 5.95. The molecule has 8 heteroatoms. The lowest BCUT2D eigenvalue weighted by Crippen LogP contribution is -2.12. The van der Waals surface area contributed by atoms with Crippen LogP contribution in [0.15, 0.2) is 52.8 Å². The average molecular weight is 477 g/mol. The largest absolute Gasteiger partial charge is 0.506 e. The molecule has 0 unspecified atom stereocenters. The van der Waals surface area contributed by atoms with Crippen molar-refractivity contribution in [2.75, 3.05) is 6.54 Å². The summed E-state index contributed by atoms with van der Waals surface area (Å²) in [6.45, 7) is 2.16. The van der Waals surface area contributed by atoms with E-state index in [1.54, 1.807) is 30.3 Å². The number of nitrogens with two attached hydrogens (primary N) is 1. The summed E-state index contributed by atoms with van der Waals surface area (Å²) in [5, 5.41) is 13.4. The van der Waals surface area contributed by atoms with Gasteiger partial charge in [0, 0.05) is 33.5 Å². The number of hydrogen-bond donors (Lipinski definition) is 2. The Morgan fingerprint density at radius 3 is 2.67 bits per heavy atom. The van der Waals surface area contributed by atoms with Crippen LogP contribution in [0.1, 0.15) is 28.4 Å². The Morgan fingerprint density at radius 2 is 1.97 bits per heavy atom. The quantitative estimate of drug-likeness (QED) is 0.326. The fourth-order valence-corrected chi connectivity index (χ4v) is 4.39. The SMILES string of the molecule is CC(=NCC(=S)Cc1cccc(C(N)=O)c1)c1csc(-c2ccc(Cl)c(Cl)c2)c1O. The van der Waals surface area contributed by atoms with Gasteiger partial charge >= 0.3 is 0 Å². The van der Waals surface area contributed by atoms with E-state index in [1.807, 2.05) is 24.4 Å². The molecule has 30 heavy (non-hydrogen) atoms. The number of amides is 1. The molecule has 154 valence electrons. The summed E-state index contributed by atoms with van der Waals surface area (Å²) in [6, 6.07) is 12.3. The standard InChI is InChI=1S/C22H18Cl2N2O2S2/c1-12(26-10-16(29)8-13-3-2-4-15(7-13)22(25)28)17-11-30-21(20(17)27)14-5-6-18(23)19(24)9-14/h2-7,9,11,27H,8,10H2,1H3,(H2,25,28). The summed E-state index contributed by atoms with van der Waals surface area (Å²) < 4.78 is 0. The van der Waals surface area contributed by atoms with Crippen molar-refractivity contribution in [1.29, 1.82) is 0 Å². The highest BCUT2D eigenvalue weighted by Crippen LogP contribution is 2.40. The molecule has 3 aromatic rings. The van der Waals surface area contributed by atoms with Gasteiger partial charge in [-0.25, -0.2) is 0 Å². The number of halogens is 2. The maximum absolute atomic E-state index is 11.3. The van der Waals surface area contributed by atoms with Crippen LogP contribution in [0.2, 0.25) is 10.0 Å². The number of aromatic hydroxyl groups is 1. The summed E-state index contributed by atoms with van der Waals surface area (Å²) >= 11 is 18.9. The van der Waals surface area contributed by atoms with Crippen LogP contribution in [-0.4, -0.2) is 28.1 Å². The van der Waals surface area contributed by atoms with Crippen LogP contribution in [-0.2, 0) is 6.42 Å². The molecule has 1 heterocycles. The van der Waals surface area contributed by atoms with Gasteiger partial charge in [0.05, 0.1) is 21.5 Å². The van der Waals surface area contributed by atoms with Crippen LogP contribution in [0.25, 0.3) is 10.4 Å². The Morgan fingerprint density at radius 1 is 1.20 bits per heavy atom. The van der Waals surface area contributed by atoms with Gasteiger partial charge in [0.15, 0.2) is 0 Å². The lowest BCUT2D eigenvalue weighted by Gasteiger charge is -2.05. The van der Waals surface area contributed by atoms with Crippen molar-refractivity contribution in [3.05, 3.63) is 74.6 Å². The number of thiocarbonyl (C=S) groups is 1. The molecule has 0 aliphatic heterocycles. The Hall–Kier alpha value is -2.25. The fourth-order valence-electron chi connectivity index (χ4n) is 2.86. The van der Waals surface area contributed by atoms with Gasteiger partial charge in [-0.2, -0.15) is 0 Å². The highest BCUT2D eigenvalue weighted by molar-refractivity contribution is 7.80. The molecule has 0 aliphatic carbocycles. The zero-order valence-corrected chi connectivity index (χ0v) is 19.1. The van der Waals surface area contributed by atoms with Crippen molar-refractivity contribution in [2.24, 2.45) is 10.7 Å². The lowest BCUT2D eigenvalue weighted by atomic mass is 10.1. The lowest BCUT2D eigenvalue weighted by molar-refractivity contribution is 0.1000. The summed E-state index contributed by atoms with van der Waals surface area (Å²) in [5.74, 6) is -0.318. The zero-order chi connectivity index (χ0) is 21.8. The smallest absolute Gasteiger partial charge is 0.248 e. The van der Waals surface area contributed by atoms with Crippen molar-refractivity contribution >= 4 is 63.2 Å². The van der Waals surface area contributed by atoms with Crippen LogP contribution >= 0.6 is 46.8 Å². The fraction of sp³-hybridized carbons (Fsp3) is 0.136. The van der Waals surface area contributed by atoms with Crippen LogP contribution in [0.3, 0.4) is 0 Å². The highest BCUT2D eigenvalue weighted by atomic mass is 35.5. The normalized spacial score (nSPS) is 11.5. The van der Waals surface area contributed by atoms with Crippen LogP contribution in [0, 0.1) is 0 Å². The highest BCUT2D eigenvalue weighted by Gasteiger charge is 2.15. The molecule has 3 rings (SSSR count). The Balaban J connectivity index is 1.72. The first kappa shape index (κ1) is 22.4. The van der Waals surface area contributed by atoms with Crippen LogP contribution in [0.5, 0.6) is 5.75 Å². The minimum atomic E-state index is -0.470. The van der Waals surface area contributed by atoms with E-state index in [1.165, 1.54) is 11.3 Å². The first-order valence-electron chi connectivity index (χ1n) is 8.94. The van der Waals surface area contributed by atoms with Crippen molar-refractivity contribution in [1.82, 2.24) is 0 Å². The molecule has 0 bridgehead atoms. The maximum Gasteiger partial charge on any atom is 0.248 e. The second kappa shape index (κ2) is 9.71. The molecule has 0 saturated carbocycles. The van der Waals surface area contributed by atoms with Crippen LogP contribution < -0.4 is 5.73 Å². The van der Waals surface area contributed by atoms with Gasteiger partial charge in [-0.1, -0.05) is 53.6 Å². The molecule has 0 spiro atoms. The topological polar surface area (TPSA) is 75.7 Å². The molecule has 1 amide bonds. The maximum atomic E-state index is 11.3. The summed E-state index contributed by atoms with van der Waals surface area (Å²) in [7, 11) is 0. The van der Waals surface area contributed by atoms with E-state index >= 15 is 0 Å². The van der Waals surface area contributed by atoms with E-state index in [9.17, 15) is 9.90 Å². The van der Waals surface area contributed by atoms with Crippen molar-refractivity contribution in [3.63, 3.8) is 0 Å². The average Bonchev–Trinajstić information content (AvgIpc) is 3.10. The third kappa shape index (κ3) is 5.26. The van der Waals surface area contributed by atoms with E-state index in [-0.39, 0.29) is 5.75 Å². The number of nitrogens with zero attached hydrogens (tertiary/aromatic N) is 1. The van der Waals surface area contributed by atoms with Gasteiger partial charge < -0.3 is 10.8 Å². The van der Waals surface area contributed by atoms with Crippen molar-refractivity contribution < 1.29 is 9.90 Å². The third-order valence-electron chi connectivity index (χ3n) is 4.44. The molecular weight excluding hydrogens is 459 g/mol. The summed E-state index contributed by atoms with van der Waals surface area (Å²) in [4.78, 5) is 17.3. The molecule has 2 aromatic carbocycles. The van der Waals surface area contributed by atoms with Crippen LogP contribution in [0.4, 0.5) is 0 Å². The van der Waals surface area contributed by atoms with Gasteiger partial charge in [0.2, 0.25) is 5.91 Å². The van der Waals surface area contributed by atoms with E-state index in [4.69, 9.17) is 41.2 Å². The third-order valence-corrected chi connectivity index (χ3v) is 6.47. The van der Waals surface area contributed by atoms with Crippen molar-refractivity contribution in [3.8, 4) is 16.2 Å². The number of carbonyl (C=O) groups excluding carboxylic acids is 1. The number of rotatable bonds is 7. The summed E-state index contributed by atoms with van der Waals surface area (Å²) in [5.41, 5.74) is 8.80. The van der Waals surface area contributed by atoms with Crippen molar-refractivity contribution in [2.45, 2.75) is 13.3 Å². The number of hydrogen-bond acceptors (Lipinski definition) is 5. The zero-order valence-electron chi connectivity index (χ0n) is 16.0. The Bertz CT molecular complexity index is 1160. The first-order valence-corrected chi connectivity index (χ1v) is 11.0. The monoisotopic (exact) mass is 476 g/mol. The number of benzene rings is 2. The van der Waals surface area contributed by atoms with Gasteiger partial charge in [0.25, 0.3) is 0 Å². The van der Waals surface area contributed by atoms with Gasteiger partial charge in [-0.15, -0.1) is 11.3 Å². The minimum Gasteiger partial charge on any atom is -0.506 e. The molecule has 0 radical (unpaired) electrons. The molecule has 0 atom stereocenters. The number of carbonyl (C=O) groups is 1. The van der Waals surface area contributed by atoms with Gasteiger partial charge in [-0.05, 0) is 42.3 Å². The Kier molecular flexibility index (Phi) is 7.26. The number of thiophene rings is 1.